The highest BCUT2D eigenvalue weighted by Gasteiger charge is 2.03. The molecule has 1 heterocycles. The van der Waals surface area contributed by atoms with Crippen LogP contribution in [0, 0.1) is 5.82 Å². The Balaban J connectivity index is 2.08. The van der Waals surface area contributed by atoms with Gasteiger partial charge in [0, 0.05) is 6.07 Å². The molecule has 5 heteroatoms. The molecule has 0 radical (unpaired) electrons. The summed E-state index contributed by atoms with van der Waals surface area (Å²) in [6.07, 6.45) is 3.07. The summed E-state index contributed by atoms with van der Waals surface area (Å²) in [6, 6.07) is 5.82. The number of hydrogen-bond acceptors (Lipinski definition) is 3. The van der Waals surface area contributed by atoms with Gasteiger partial charge in [0.2, 0.25) is 0 Å². The highest BCUT2D eigenvalue weighted by molar-refractivity contribution is 5.75. The Kier molecular flexibility index (Phi) is 3.18. The Bertz CT molecular complexity index is 537. The zero-order valence-corrected chi connectivity index (χ0v) is 9.26. The standard InChI is InChI=1S/C12H11FN2O2/c1-9(16)7-15-8-12(6-14-15)17-11-4-2-3-10(13)5-11/h2-6,8H,7H2,1H3. The molecule has 0 N–H and O–H groups in total. The molecule has 0 aliphatic carbocycles. The summed E-state index contributed by atoms with van der Waals surface area (Å²) < 4.78 is 19.8. The summed E-state index contributed by atoms with van der Waals surface area (Å²) in [5.74, 6) is 0.508. The molecule has 17 heavy (non-hydrogen) atoms. The SMILES string of the molecule is CC(=O)Cn1cc(Oc2cccc(F)c2)cn1. The molecule has 2 rings (SSSR count). The fourth-order valence-corrected chi connectivity index (χ4v) is 1.38. The molecule has 2 aromatic rings. The van der Waals surface area contributed by atoms with Gasteiger partial charge in [-0.2, -0.15) is 5.10 Å². The molecule has 88 valence electrons. The van der Waals surface area contributed by atoms with Crippen molar-refractivity contribution in [2.45, 2.75) is 13.5 Å². The maximum Gasteiger partial charge on any atom is 0.165 e. The summed E-state index contributed by atoms with van der Waals surface area (Å²) >= 11 is 0. The Hall–Kier alpha value is -2.17. The molecule has 1 aromatic heterocycles. The van der Waals surface area contributed by atoms with Crippen molar-refractivity contribution in [1.29, 1.82) is 0 Å². The van der Waals surface area contributed by atoms with E-state index in [-0.39, 0.29) is 18.1 Å². The molecule has 0 unspecified atom stereocenters. The number of rotatable bonds is 4. The van der Waals surface area contributed by atoms with Gasteiger partial charge in [-0.1, -0.05) is 6.07 Å². The zero-order chi connectivity index (χ0) is 12.3. The molecule has 1 aromatic carbocycles. The topological polar surface area (TPSA) is 44.1 Å². The number of carbonyl (C=O) groups excluding carboxylic acids is 1. The minimum atomic E-state index is -0.362. The van der Waals surface area contributed by atoms with Gasteiger partial charge in [0.15, 0.2) is 11.5 Å². The van der Waals surface area contributed by atoms with Crippen LogP contribution < -0.4 is 4.74 Å². The molecular formula is C12H11FN2O2. The maximum atomic E-state index is 12.9. The van der Waals surface area contributed by atoms with Crippen LogP contribution in [0.2, 0.25) is 0 Å². The summed E-state index contributed by atoms with van der Waals surface area (Å²) in [5.41, 5.74) is 0. The van der Waals surface area contributed by atoms with E-state index in [9.17, 15) is 9.18 Å². The van der Waals surface area contributed by atoms with E-state index in [0.29, 0.717) is 11.5 Å². The molecular weight excluding hydrogens is 223 g/mol. The smallest absolute Gasteiger partial charge is 0.165 e. The maximum absolute atomic E-state index is 12.9. The van der Waals surface area contributed by atoms with Crippen molar-refractivity contribution in [3.63, 3.8) is 0 Å². The van der Waals surface area contributed by atoms with Gasteiger partial charge in [-0.15, -0.1) is 0 Å². The number of benzene rings is 1. The van der Waals surface area contributed by atoms with Gasteiger partial charge in [0.1, 0.15) is 11.6 Å². The van der Waals surface area contributed by atoms with Gasteiger partial charge in [-0.05, 0) is 19.1 Å². The van der Waals surface area contributed by atoms with Crippen molar-refractivity contribution >= 4 is 5.78 Å². The third-order valence-electron chi connectivity index (χ3n) is 2.03. The van der Waals surface area contributed by atoms with Crippen LogP contribution in [0.3, 0.4) is 0 Å². The van der Waals surface area contributed by atoms with Crippen molar-refractivity contribution < 1.29 is 13.9 Å². The van der Waals surface area contributed by atoms with Crippen LogP contribution in [-0.4, -0.2) is 15.6 Å². The summed E-state index contributed by atoms with van der Waals surface area (Å²) in [6.45, 7) is 1.68. The van der Waals surface area contributed by atoms with E-state index in [1.165, 1.54) is 29.9 Å². The molecule has 0 atom stereocenters. The fraction of sp³-hybridized carbons (Fsp3) is 0.167. The second-order valence-electron chi connectivity index (χ2n) is 3.64. The first-order chi connectivity index (χ1) is 8.13. The second kappa shape index (κ2) is 4.78. The van der Waals surface area contributed by atoms with Crippen LogP contribution in [0.25, 0.3) is 0 Å². The van der Waals surface area contributed by atoms with Gasteiger partial charge < -0.3 is 4.74 Å². The van der Waals surface area contributed by atoms with E-state index in [2.05, 4.69) is 5.10 Å². The highest BCUT2D eigenvalue weighted by Crippen LogP contribution is 2.20. The Morgan fingerprint density at radius 1 is 1.47 bits per heavy atom. The minimum absolute atomic E-state index is 0.00501. The fourth-order valence-electron chi connectivity index (χ4n) is 1.38. The summed E-state index contributed by atoms with van der Waals surface area (Å²) in [7, 11) is 0. The first-order valence-corrected chi connectivity index (χ1v) is 5.09. The number of hydrogen-bond donors (Lipinski definition) is 0. The number of carbonyl (C=O) groups is 1. The predicted molar refractivity (Wildman–Crippen MR) is 59.4 cm³/mol. The van der Waals surface area contributed by atoms with E-state index < -0.39 is 0 Å². The van der Waals surface area contributed by atoms with Crippen molar-refractivity contribution in [2.24, 2.45) is 0 Å². The van der Waals surface area contributed by atoms with E-state index in [1.54, 1.807) is 18.3 Å². The summed E-state index contributed by atoms with van der Waals surface area (Å²) in [4.78, 5) is 10.9. The minimum Gasteiger partial charge on any atom is -0.454 e. The van der Waals surface area contributed by atoms with Crippen LogP contribution in [0.5, 0.6) is 11.5 Å². The Morgan fingerprint density at radius 3 is 3.00 bits per heavy atom. The van der Waals surface area contributed by atoms with Crippen LogP contribution in [-0.2, 0) is 11.3 Å². The van der Waals surface area contributed by atoms with Gasteiger partial charge in [-0.25, -0.2) is 4.39 Å². The van der Waals surface area contributed by atoms with Crippen molar-refractivity contribution in [3.05, 3.63) is 42.5 Å². The van der Waals surface area contributed by atoms with Crippen LogP contribution >= 0.6 is 0 Å². The Morgan fingerprint density at radius 2 is 2.29 bits per heavy atom. The molecule has 0 saturated heterocycles. The quantitative estimate of drug-likeness (QED) is 0.815. The highest BCUT2D eigenvalue weighted by atomic mass is 19.1. The number of aromatic nitrogens is 2. The molecule has 0 fully saturated rings. The average molecular weight is 234 g/mol. The van der Waals surface area contributed by atoms with E-state index >= 15 is 0 Å². The number of ketones is 1. The van der Waals surface area contributed by atoms with Gasteiger partial charge >= 0.3 is 0 Å². The third kappa shape index (κ3) is 3.14. The van der Waals surface area contributed by atoms with E-state index in [4.69, 9.17) is 4.74 Å². The average Bonchev–Trinajstić information content (AvgIpc) is 2.64. The number of ether oxygens (including phenoxy) is 1. The molecule has 0 saturated carbocycles. The molecule has 0 aliphatic heterocycles. The lowest BCUT2D eigenvalue weighted by Crippen LogP contribution is -2.05. The lowest BCUT2D eigenvalue weighted by Gasteiger charge is -2.01. The molecule has 0 spiro atoms. The molecule has 0 aliphatic rings. The lowest BCUT2D eigenvalue weighted by molar-refractivity contribution is -0.117. The molecule has 4 nitrogen and oxygen atoms in total. The van der Waals surface area contributed by atoms with Crippen LogP contribution in [0.15, 0.2) is 36.7 Å². The normalized spacial score (nSPS) is 10.2. The van der Waals surface area contributed by atoms with Gasteiger partial charge in [0.25, 0.3) is 0 Å². The van der Waals surface area contributed by atoms with E-state index in [0.717, 1.165) is 0 Å². The first kappa shape index (κ1) is 11.3. The van der Waals surface area contributed by atoms with Gasteiger partial charge in [0.05, 0.1) is 18.9 Å². The second-order valence-corrected chi connectivity index (χ2v) is 3.64. The first-order valence-electron chi connectivity index (χ1n) is 5.09. The zero-order valence-electron chi connectivity index (χ0n) is 9.26. The summed E-state index contributed by atoms with van der Waals surface area (Å²) in [5, 5.41) is 3.95. The predicted octanol–water partition coefficient (Wildman–Crippen LogP) is 2.40. The van der Waals surface area contributed by atoms with Crippen molar-refractivity contribution in [2.75, 3.05) is 0 Å². The number of halogens is 1. The number of nitrogens with zero attached hydrogens (tertiary/aromatic N) is 2. The lowest BCUT2D eigenvalue weighted by atomic mass is 10.3. The van der Waals surface area contributed by atoms with E-state index in [1.807, 2.05) is 0 Å². The molecule has 0 amide bonds. The van der Waals surface area contributed by atoms with Crippen LogP contribution in [0.4, 0.5) is 4.39 Å². The largest absolute Gasteiger partial charge is 0.454 e. The third-order valence-corrected chi connectivity index (χ3v) is 2.03. The monoisotopic (exact) mass is 234 g/mol. The van der Waals surface area contributed by atoms with Crippen molar-refractivity contribution in [1.82, 2.24) is 9.78 Å². The number of Topliss-reactive ketones (excluding diaryl/α,β-unsaturated/α-hetero) is 1. The van der Waals surface area contributed by atoms with Gasteiger partial charge in [-0.3, -0.25) is 9.48 Å². The molecule has 0 bridgehead atoms. The Labute approximate surface area is 97.6 Å². The van der Waals surface area contributed by atoms with Crippen LogP contribution in [0.1, 0.15) is 6.92 Å². The van der Waals surface area contributed by atoms with Crippen molar-refractivity contribution in [3.8, 4) is 11.5 Å².